The number of carbonyl (C=O) groups excluding carboxylic acids is 1. The molecule has 0 heterocycles. The molecule has 0 radical (unpaired) electrons. The highest BCUT2D eigenvalue weighted by Crippen LogP contribution is 2.48. The fourth-order valence-electron chi connectivity index (χ4n) is 4.08. The Labute approximate surface area is 126 Å². The van der Waals surface area contributed by atoms with Crippen molar-refractivity contribution < 1.29 is 4.79 Å². The van der Waals surface area contributed by atoms with Crippen LogP contribution in [-0.4, -0.2) is 19.4 Å². The third kappa shape index (κ3) is 2.58. The van der Waals surface area contributed by atoms with Crippen molar-refractivity contribution in [3.63, 3.8) is 0 Å². The molecule has 0 aromatic heterocycles. The molecule has 3 unspecified atom stereocenters. The third-order valence-electron chi connectivity index (χ3n) is 5.17. The van der Waals surface area contributed by atoms with Crippen LogP contribution in [0.3, 0.4) is 0 Å². The van der Waals surface area contributed by atoms with Gasteiger partial charge in [-0.1, -0.05) is 18.0 Å². The molecule has 2 aliphatic carbocycles. The first-order valence-electron chi connectivity index (χ1n) is 7.56. The maximum absolute atomic E-state index is 11.4. The van der Waals surface area contributed by atoms with Gasteiger partial charge in [-0.2, -0.15) is 0 Å². The number of ketones is 1. The minimum atomic E-state index is 0.0253. The topological polar surface area (TPSA) is 20.3 Å². The number of hydrogen-bond acceptors (Lipinski definition) is 2. The van der Waals surface area contributed by atoms with Gasteiger partial charge in [0.05, 0.1) is 5.02 Å². The molecular weight excluding hydrogens is 270 g/mol. The fourth-order valence-corrected chi connectivity index (χ4v) is 4.39. The van der Waals surface area contributed by atoms with Crippen LogP contribution in [0.1, 0.15) is 43.0 Å². The Morgan fingerprint density at radius 1 is 1.35 bits per heavy atom. The summed E-state index contributed by atoms with van der Waals surface area (Å²) in [5.41, 5.74) is 1.73. The number of fused-ring (bicyclic) bond motifs is 2. The van der Waals surface area contributed by atoms with Crippen LogP contribution < -0.4 is 4.90 Å². The average molecular weight is 292 g/mol. The Kier molecular flexibility index (Phi) is 3.76. The summed E-state index contributed by atoms with van der Waals surface area (Å²) in [6.45, 7) is 2.66. The molecule has 108 valence electrons. The van der Waals surface area contributed by atoms with E-state index in [0.717, 1.165) is 30.0 Å². The Balaban J connectivity index is 1.69. The second kappa shape index (κ2) is 5.40. The van der Waals surface area contributed by atoms with Gasteiger partial charge in [-0.25, -0.2) is 0 Å². The Morgan fingerprint density at radius 2 is 2.15 bits per heavy atom. The van der Waals surface area contributed by atoms with Crippen molar-refractivity contribution >= 4 is 23.1 Å². The molecule has 3 rings (SSSR count). The second-order valence-corrected chi connectivity index (χ2v) is 6.94. The lowest BCUT2D eigenvalue weighted by Crippen LogP contribution is -2.28. The van der Waals surface area contributed by atoms with Crippen molar-refractivity contribution in [3.8, 4) is 0 Å². The van der Waals surface area contributed by atoms with Crippen molar-refractivity contribution in [2.45, 2.75) is 32.6 Å². The highest BCUT2D eigenvalue weighted by Gasteiger charge is 2.39. The summed E-state index contributed by atoms with van der Waals surface area (Å²) < 4.78 is 0. The predicted molar refractivity (Wildman–Crippen MR) is 83.7 cm³/mol. The monoisotopic (exact) mass is 291 g/mol. The Hall–Kier alpha value is -1.02. The van der Waals surface area contributed by atoms with Gasteiger partial charge in [0.1, 0.15) is 0 Å². The van der Waals surface area contributed by atoms with E-state index in [9.17, 15) is 4.79 Å². The van der Waals surface area contributed by atoms with Crippen molar-refractivity contribution in [1.82, 2.24) is 0 Å². The maximum atomic E-state index is 11.4. The Bertz CT molecular complexity index is 528. The first-order chi connectivity index (χ1) is 9.54. The van der Waals surface area contributed by atoms with E-state index in [4.69, 9.17) is 11.6 Å². The quantitative estimate of drug-likeness (QED) is 0.766. The van der Waals surface area contributed by atoms with Gasteiger partial charge in [0, 0.05) is 24.8 Å². The van der Waals surface area contributed by atoms with Gasteiger partial charge in [-0.15, -0.1) is 0 Å². The van der Waals surface area contributed by atoms with Gasteiger partial charge < -0.3 is 4.90 Å². The molecule has 1 aromatic rings. The van der Waals surface area contributed by atoms with E-state index in [1.54, 1.807) is 6.92 Å². The van der Waals surface area contributed by atoms with Crippen LogP contribution in [0.4, 0.5) is 5.69 Å². The number of hydrogen-bond donors (Lipinski definition) is 0. The lowest BCUT2D eigenvalue weighted by atomic mass is 9.88. The van der Waals surface area contributed by atoms with Gasteiger partial charge in [0.25, 0.3) is 0 Å². The standard InChI is InChI=1S/C17H22ClNO/c1-11(20)16-6-5-15(9-17(16)18)19(2)10-14-8-12-3-4-13(14)7-12/h5-6,9,12-14H,3-4,7-8,10H2,1-2H3. The minimum Gasteiger partial charge on any atom is -0.374 e. The third-order valence-corrected chi connectivity index (χ3v) is 5.48. The zero-order valence-electron chi connectivity index (χ0n) is 12.2. The molecule has 1 aromatic carbocycles. The van der Waals surface area contributed by atoms with E-state index in [0.29, 0.717) is 10.6 Å². The molecule has 2 aliphatic rings. The van der Waals surface area contributed by atoms with Gasteiger partial charge in [0.15, 0.2) is 5.78 Å². The SMILES string of the molecule is CC(=O)c1ccc(N(C)CC2CC3CCC2C3)cc1Cl. The molecule has 3 atom stereocenters. The molecular formula is C17H22ClNO. The number of Topliss-reactive ketones (excluding diaryl/α,β-unsaturated/α-hetero) is 1. The highest BCUT2D eigenvalue weighted by molar-refractivity contribution is 6.34. The highest BCUT2D eigenvalue weighted by atomic mass is 35.5. The zero-order chi connectivity index (χ0) is 14.3. The smallest absolute Gasteiger partial charge is 0.161 e. The lowest BCUT2D eigenvalue weighted by Gasteiger charge is -2.28. The summed E-state index contributed by atoms with van der Waals surface area (Å²) in [7, 11) is 2.13. The minimum absolute atomic E-state index is 0.0253. The second-order valence-electron chi connectivity index (χ2n) is 6.54. The molecule has 2 bridgehead atoms. The van der Waals surface area contributed by atoms with Crippen LogP contribution in [0.5, 0.6) is 0 Å². The van der Waals surface area contributed by atoms with E-state index < -0.39 is 0 Å². The molecule has 2 nitrogen and oxygen atoms in total. The number of rotatable bonds is 4. The van der Waals surface area contributed by atoms with Crippen LogP contribution in [0.15, 0.2) is 18.2 Å². The van der Waals surface area contributed by atoms with Crippen LogP contribution in [0.2, 0.25) is 5.02 Å². The summed E-state index contributed by atoms with van der Waals surface area (Å²) in [6.07, 6.45) is 5.72. The van der Waals surface area contributed by atoms with E-state index in [1.807, 2.05) is 18.2 Å². The predicted octanol–water partition coefficient (Wildman–Crippen LogP) is 4.42. The normalized spacial score (nSPS) is 27.9. The number of carbonyl (C=O) groups is 1. The molecule has 2 saturated carbocycles. The van der Waals surface area contributed by atoms with Crippen LogP contribution in [-0.2, 0) is 0 Å². The van der Waals surface area contributed by atoms with Crippen molar-refractivity contribution in [3.05, 3.63) is 28.8 Å². The first kappa shape index (κ1) is 13.9. The summed E-state index contributed by atoms with van der Waals surface area (Å²) in [4.78, 5) is 13.7. The maximum Gasteiger partial charge on any atom is 0.161 e. The summed E-state index contributed by atoms with van der Waals surface area (Å²) >= 11 is 6.20. The van der Waals surface area contributed by atoms with Gasteiger partial charge in [-0.3, -0.25) is 4.79 Å². The van der Waals surface area contributed by atoms with Gasteiger partial charge >= 0.3 is 0 Å². The zero-order valence-corrected chi connectivity index (χ0v) is 13.0. The van der Waals surface area contributed by atoms with Crippen molar-refractivity contribution in [2.75, 3.05) is 18.5 Å². The number of halogens is 1. The average Bonchev–Trinajstić information content (AvgIpc) is 3.00. The molecule has 0 saturated heterocycles. The van der Waals surface area contributed by atoms with Gasteiger partial charge in [-0.05, 0) is 62.1 Å². The molecule has 0 aliphatic heterocycles. The van der Waals surface area contributed by atoms with E-state index >= 15 is 0 Å². The molecule has 2 fully saturated rings. The van der Waals surface area contributed by atoms with Crippen LogP contribution in [0.25, 0.3) is 0 Å². The van der Waals surface area contributed by atoms with E-state index in [1.165, 1.54) is 25.7 Å². The van der Waals surface area contributed by atoms with E-state index in [-0.39, 0.29) is 5.78 Å². The van der Waals surface area contributed by atoms with Crippen molar-refractivity contribution in [1.29, 1.82) is 0 Å². The first-order valence-corrected chi connectivity index (χ1v) is 7.94. The fraction of sp³-hybridized carbons (Fsp3) is 0.588. The van der Waals surface area contributed by atoms with Gasteiger partial charge in [0.2, 0.25) is 0 Å². The lowest BCUT2D eigenvalue weighted by molar-refractivity contribution is 0.101. The molecule has 0 amide bonds. The number of nitrogens with zero attached hydrogens (tertiary/aromatic N) is 1. The number of benzene rings is 1. The summed E-state index contributed by atoms with van der Waals surface area (Å²) in [5, 5.41) is 0.565. The summed E-state index contributed by atoms with van der Waals surface area (Å²) in [5.74, 6) is 2.79. The summed E-state index contributed by atoms with van der Waals surface area (Å²) in [6, 6.07) is 5.78. The van der Waals surface area contributed by atoms with Crippen molar-refractivity contribution in [2.24, 2.45) is 17.8 Å². The number of anilines is 1. The molecule has 0 N–H and O–H groups in total. The largest absolute Gasteiger partial charge is 0.374 e. The van der Waals surface area contributed by atoms with E-state index in [2.05, 4.69) is 11.9 Å². The molecule has 0 spiro atoms. The van der Waals surface area contributed by atoms with Crippen LogP contribution >= 0.6 is 11.6 Å². The molecule has 20 heavy (non-hydrogen) atoms. The Morgan fingerprint density at radius 3 is 2.70 bits per heavy atom. The van der Waals surface area contributed by atoms with Crippen LogP contribution in [0, 0.1) is 17.8 Å². The molecule has 3 heteroatoms.